The lowest BCUT2D eigenvalue weighted by atomic mass is 9.61. The Morgan fingerprint density at radius 1 is 0.774 bits per heavy atom. The minimum atomic E-state index is -2.19. The van der Waals surface area contributed by atoms with E-state index in [9.17, 15) is 25.2 Å². The number of hydrogen-bond acceptors (Lipinski definition) is 7. The minimum Gasteiger partial charge on any atom is -0.446 e. The summed E-state index contributed by atoms with van der Waals surface area (Å²) in [7, 11) is 0. The molecule has 1 fully saturated rings. The highest BCUT2D eigenvalue weighted by Gasteiger charge is 2.74. The maximum absolute atomic E-state index is 12.1. The van der Waals surface area contributed by atoms with Gasteiger partial charge < -0.3 is 35.2 Å². The van der Waals surface area contributed by atoms with Gasteiger partial charge in [-0.1, -0.05) is 58.3 Å². The quantitative estimate of drug-likeness (QED) is 0.291. The molecule has 0 aromatic rings. The maximum Gasteiger partial charge on any atom is 0.407 e. The lowest BCUT2D eigenvalue weighted by Gasteiger charge is -2.63. The normalized spacial score (nSPS) is 38.1. The van der Waals surface area contributed by atoms with Gasteiger partial charge in [-0.25, -0.2) is 4.79 Å². The van der Waals surface area contributed by atoms with Gasteiger partial charge in [0, 0.05) is 6.54 Å². The molecule has 0 saturated carbocycles. The third-order valence-corrected chi connectivity index (χ3v) is 7.28. The van der Waals surface area contributed by atoms with Crippen molar-refractivity contribution in [3.8, 4) is 0 Å². The Bertz CT molecular complexity index is 574. The van der Waals surface area contributed by atoms with Crippen LogP contribution in [0.4, 0.5) is 4.79 Å². The number of ether oxygens (including phenoxy) is 2. The Morgan fingerprint density at radius 2 is 1.26 bits per heavy atom. The van der Waals surface area contributed by atoms with Gasteiger partial charge in [0.2, 0.25) is 0 Å². The van der Waals surface area contributed by atoms with E-state index in [0.29, 0.717) is 6.54 Å². The Kier molecular flexibility index (Phi) is 9.78. The molecule has 1 rings (SSSR count). The molecule has 0 aliphatic carbocycles. The van der Waals surface area contributed by atoms with E-state index in [2.05, 4.69) is 12.2 Å². The van der Waals surface area contributed by atoms with E-state index in [-0.39, 0.29) is 0 Å². The number of carbonyl (C=O) groups is 1. The second-order valence-corrected chi connectivity index (χ2v) is 9.86. The van der Waals surface area contributed by atoms with E-state index in [1.165, 1.54) is 73.1 Å². The van der Waals surface area contributed by atoms with Crippen molar-refractivity contribution in [1.82, 2.24) is 5.32 Å². The van der Waals surface area contributed by atoms with E-state index in [1.54, 1.807) is 0 Å². The smallest absolute Gasteiger partial charge is 0.407 e. The molecule has 0 aromatic heterocycles. The monoisotopic (exact) mass is 447 g/mol. The summed E-state index contributed by atoms with van der Waals surface area (Å²) in [5.41, 5.74) is -8.05. The number of hydrogen-bond donors (Lipinski definition) is 5. The first-order valence-electron chi connectivity index (χ1n) is 11.7. The van der Waals surface area contributed by atoms with Crippen molar-refractivity contribution in [1.29, 1.82) is 0 Å². The summed E-state index contributed by atoms with van der Waals surface area (Å²) in [6, 6.07) is 0. The van der Waals surface area contributed by atoms with Crippen LogP contribution in [-0.4, -0.2) is 67.9 Å². The van der Waals surface area contributed by atoms with E-state index in [0.717, 1.165) is 19.3 Å². The topological polar surface area (TPSA) is 128 Å². The average Bonchev–Trinajstić information content (AvgIpc) is 2.66. The largest absolute Gasteiger partial charge is 0.446 e. The van der Waals surface area contributed by atoms with Gasteiger partial charge >= 0.3 is 6.09 Å². The highest BCUT2D eigenvalue weighted by molar-refractivity contribution is 5.67. The number of amides is 1. The van der Waals surface area contributed by atoms with Crippen LogP contribution in [0.2, 0.25) is 0 Å². The van der Waals surface area contributed by atoms with Crippen molar-refractivity contribution in [3.63, 3.8) is 0 Å². The van der Waals surface area contributed by atoms with Crippen molar-refractivity contribution >= 4 is 6.09 Å². The molecule has 1 aliphatic rings. The molecule has 1 heterocycles. The Morgan fingerprint density at radius 3 is 1.77 bits per heavy atom. The fourth-order valence-corrected chi connectivity index (χ4v) is 4.13. The summed E-state index contributed by atoms with van der Waals surface area (Å²) < 4.78 is 10.8. The highest BCUT2D eigenvalue weighted by atomic mass is 16.7. The molecule has 31 heavy (non-hydrogen) atoms. The number of nitrogens with one attached hydrogen (secondary N) is 1. The van der Waals surface area contributed by atoms with Crippen molar-refractivity contribution in [2.24, 2.45) is 0 Å². The van der Waals surface area contributed by atoms with Crippen LogP contribution >= 0.6 is 0 Å². The summed E-state index contributed by atoms with van der Waals surface area (Å²) in [4.78, 5) is 12.1. The molecule has 0 spiro atoms. The zero-order chi connectivity index (χ0) is 24.0. The number of alkyl carbamates (subject to hydrolysis) is 1. The van der Waals surface area contributed by atoms with Gasteiger partial charge in [0.05, 0.1) is 0 Å². The SMILES string of the molecule is CCCCCCCCCCCNC(=O)OCC1(C)O[C@](C)(O)C(C)(O)[C@](C)(O)[C@]1(C)O. The van der Waals surface area contributed by atoms with Gasteiger partial charge in [-0.3, -0.25) is 0 Å². The average molecular weight is 448 g/mol. The molecular weight excluding hydrogens is 402 g/mol. The van der Waals surface area contributed by atoms with E-state index < -0.39 is 40.9 Å². The first kappa shape index (κ1) is 28.1. The first-order valence-corrected chi connectivity index (χ1v) is 11.7. The van der Waals surface area contributed by atoms with E-state index >= 15 is 0 Å². The molecule has 1 saturated heterocycles. The zero-order valence-corrected chi connectivity index (χ0v) is 20.3. The van der Waals surface area contributed by atoms with Crippen LogP contribution in [0.15, 0.2) is 0 Å². The van der Waals surface area contributed by atoms with Crippen LogP contribution in [0.3, 0.4) is 0 Å². The zero-order valence-electron chi connectivity index (χ0n) is 20.3. The number of aliphatic hydroxyl groups is 4. The van der Waals surface area contributed by atoms with Gasteiger partial charge in [0.15, 0.2) is 5.79 Å². The molecule has 1 aliphatic heterocycles. The van der Waals surface area contributed by atoms with E-state index in [1.807, 2.05) is 0 Å². The Labute approximate surface area is 187 Å². The second-order valence-electron chi connectivity index (χ2n) is 9.86. The third-order valence-electron chi connectivity index (χ3n) is 7.28. The lowest BCUT2D eigenvalue weighted by Crippen LogP contribution is -2.84. The predicted octanol–water partition coefficient (Wildman–Crippen LogP) is 2.99. The molecule has 8 heteroatoms. The molecule has 5 N–H and O–H groups in total. The van der Waals surface area contributed by atoms with Gasteiger partial charge in [-0.05, 0) is 41.0 Å². The summed E-state index contributed by atoms with van der Waals surface area (Å²) in [6.07, 6.45) is 9.98. The molecule has 5 atom stereocenters. The third kappa shape index (κ3) is 6.11. The molecule has 0 aromatic carbocycles. The molecule has 2 unspecified atom stereocenters. The van der Waals surface area contributed by atoms with E-state index in [4.69, 9.17) is 9.47 Å². The standard InChI is InChI=1S/C23H45NO7/c1-7-8-9-10-11-12-13-14-15-16-24-18(25)30-17-19(2)20(3,26)21(4,27)22(5,28)23(6,29)31-19/h26-29H,7-17H2,1-6H3,(H,24,25)/t19?,20-,21-,22?,23+/m1/s1. The van der Waals surface area contributed by atoms with Crippen LogP contribution in [-0.2, 0) is 9.47 Å². The molecule has 0 bridgehead atoms. The Balaban J connectivity index is 2.43. The summed E-state index contributed by atoms with van der Waals surface area (Å²) in [6.45, 7) is 8.55. The van der Waals surface area contributed by atoms with Gasteiger partial charge in [-0.2, -0.15) is 0 Å². The van der Waals surface area contributed by atoms with Crippen molar-refractivity contribution in [2.75, 3.05) is 13.2 Å². The van der Waals surface area contributed by atoms with Gasteiger partial charge in [0.25, 0.3) is 0 Å². The van der Waals surface area contributed by atoms with Crippen LogP contribution in [0, 0.1) is 0 Å². The highest BCUT2D eigenvalue weighted by Crippen LogP contribution is 2.52. The fraction of sp³-hybridized carbons (Fsp3) is 0.957. The second kappa shape index (κ2) is 10.8. The van der Waals surface area contributed by atoms with Crippen molar-refractivity contribution < 1.29 is 34.7 Å². The van der Waals surface area contributed by atoms with Crippen LogP contribution in [0.5, 0.6) is 0 Å². The fourth-order valence-electron chi connectivity index (χ4n) is 4.13. The van der Waals surface area contributed by atoms with Crippen molar-refractivity contribution in [3.05, 3.63) is 0 Å². The predicted molar refractivity (Wildman–Crippen MR) is 119 cm³/mol. The van der Waals surface area contributed by atoms with Crippen LogP contribution < -0.4 is 5.32 Å². The first-order chi connectivity index (χ1) is 14.2. The van der Waals surface area contributed by atoms with Crippen LogP contribution in [0.25, 0.3) is 0 Å². The summed E-state index contributed by atoms with van der Waals surface area (Å²) in [5, 5.41) is 45.8. The van der Waals surface area contributed by atoms with Gasteiger partial charge in [0.1, 0.15) is 29.0 Å². The van der Waals surface area contributed by atoms with Crippen LogP contribution in [0.1, 0.15) is 99.3 Å². The lowest BCUT2D eigenvalue weighted by molar-refractivity contribution is -0.448. The maximum atomic E-state index is 12.1. The molecule has 0 radical (unpaired) electrons. The van der Waals surface area contributed by atoms with Gasteiger partial charge in [-0.15, -0.1) is 0 Å². The number of rotatable bonds is 12. The number of unbranched alkanes of at least 4 members (excludes halogenated alkanes) is 8. The number of carbonyl (C=O) groups excluding carboxylic acids is 1. The molecular formula is C23H45NO7. The summed E-state index contributed by atoms with van der Waals surface area (Å²) >= 11 is 0. The molecule has 8 nitrogen and oxygen atoms in total. The Hall–Kier alpha value is -0.930. The van der Waals surface area contributed by atoms with Crippen molar-refractivity contribution in [2.45, 2.75) is 128 Å². The molecule has 1 amide bonds. The minimum absolute atomic E-state index is 0.425. The molecule has 184 valence electrons. The summed E-state index contributed by atoms with van der Waals surface area (Å²) in [5.74, 6) is -2.19.